The number of thiocarbonyl (C=S) groups is 1. The molecule has 0 heterocycles. The summed E-state index contributed by atoms with van der Waals surface area (Å²) in [6, 6.07) is 13.2. The number of rotatable bonds is 4. The number of para-hydroxylation sites is 1. The number of hydrogen-bond acceptors (Lipinski definition) is 2. The lowest BCUT2D eigenvalue weighted by atomic mass is 10.1. The van der Waals surface area contributed by atoms with Gasteiger partial charge in [-0.1, -0.05) is 48.9 Å². The fourth-order valence-corrected chi connectivity index (χ4v) is 2.58. The van der Waals surface area contributed by atoms with Gasteiger partial charge in [0.15, 0.2) is 5.11 Å². The number of aryl methyl sites for hydroxylation is 2. The van der Waals surface area contributed by atoms with Gasteiger partial charge in [0.1, 0.15) is 0 Å². The van der Waals surface area contributed by atoms with Crippen molar-refractivity contribution in [1.82, 2.24) is 10.9 Å². The average molecular weight is 362 g/mol. The summed E-state index contributed by atoms with van der Waals surface area (Å²) in [5.41, 5.74) is 9.46. The fourth-order valence-electron chi connectivity index (χ4n) is 2.31. The van der Waals surface area contributed by atoms with E-state index in [1.54, 1.807) is 12.1 Å². The Morgan fingerprint density at radius 1 is 1.12 bits per heavy atom. The summed E-state index contributed by atoms with van der Waals surface area (Å²) < 4.78 is 0. The quantitative estimate of drug-likeness (QED) is 0.573. The highest BCUT2D eigenvalue weighted by Crippen LogP contribution is 2.20. The molecule has 3 N–H and O–H groups in total. The Balaban J connectivity index is 1.87. The maximum Gasteiger partial charge on any atom is 0.242 e. The van der Waals surface area contributed by atoms with Crippen LogP contribution in [0.2, 0.25) is 5.02 Å². The van der Waals surface area contributed by atoms with Crippen LogP contribution in [0.4, 0.5) is 5.69 Å². The van der Waals surface area contributed by atoms with Gasteiger partial charge >= 0.3 is 0 Å². The predicted octanol–water partition coefficient (Wildman–Crippen LogP) is 3.77. The predicted molar refractivity (Wildman–Crippen MR) is 103 cm³/mol. The van der Waals surface area contributed by atoms with Gasteiger partial charge in [0, 0.05) is 10.7 Å². The van der Waals surface area contributed by atoms with E-state index in [0.29, 0.717) is 10.1 Å². The molecule has 2 rings (SSSR count). The van der Waals surface area contributed by atoms with Crippen molar-refractivity contribution in [1.29, 1.82) is 0 Å². The first kappa shape index (κ1) is 18.2. The van der Waals surface area contributed by atoms with Crippen LogP contribution in [0.3, 0.4) is 0 Å². The molecule has 0 radical (unpaired) electrons. The van der Waals surface area contributed by atoms with Gasteiger partial charge in [-0.25, -0.2) is 0 Å². The van der Waals surface area contributed by atoms with Crippen LogP contribution in [0.25, 0.3) is 0 Å². The van der Waals surface area contributed by atoms with Crippen LogP contribution in [-0.2, 0) is 17.6 Å². The molecule has 0 aliphatic heterocycles. The number of carbonyl (C=O) groups is 1. The number of halogens is 1. The van der Waals surface area contributed by atoms with Crippen molar-refractivity contribution in [2.24, 2.45) is 0 Å². The highest BCUT2D eigenvalue weighted by atomic mass is 35.5. The Bertz CT molecular complexity index is 732. The summed E-state index contributed by atoms with van der Waals surface area (Å²) in [6.45, 7) is 4.10. The average Bonchev–Trinajstić information content (AvgIpc) is 2.57. The van der Waals surface area contributed by atoms with Crippen LogP contribution in [0.15, 0.2) is 42.5 Å². The minimum atomic E-state index is -0.179. The highest BCUT2D eigenvalue weighted by molar-refractivity contribution is 7.80. The molecule has 1 amide bonds. The molecule has 126 valence electrons. The Kier molecular flexibility index (Phi) is 6.58. The van der Waals surface area contributed by atoms with Crippen molar-refractivity contribution in [3.63, 3.8) is 0 Å². The summed E-state index contributed by atoms with van der Waals surface area (Å²) in [6.07, 6.45) is 1.15. The van der Waals surface area contributed by atoms with Gasteiger partial charge in [-0.05, 0) is 54.4 Å². The van der Waals surface area contributed by atoms with Gasteiger partial charge in [-0.15, -0.1) is 0 Å². The molecule has 4 nitrogen and oxygen atoms in total. The van der Waals surface area contributed by atoms with E-state index < -0.39 is 0 Å². The first-order valence-electron chi connectivity index (χ1n) is 7.68. The molecule has 0 saturated carbocycles. The molecule has 0 aliphatic carbocycles. The second kappa shape index (κ2) is 8.66. The molecule has 2 aromatic carbocycles. The van der Waals surface area contributed by atoms with Gasteiger partial charge in [0.25, 0.3) is 0 Å². The smallest absolute Gasteiger partial charge is 0.242 e. The van der Waals surface area contributed by atoms with Crippen LogP contribution >= 0.6 is 23.8 Å². The minimum Gasteiger partial charge on any atom is -0.331 e. The second-order valence-corrected chi connectivity index (χ2v) is 6.24. The molecule has 0 aromatic heterocycles. The lowest BCUT2D eigenvalue weighted by Crippen LogP contribution is -2.44. The van der Waals surface area contributed by atoms with E-state index in [1.807, 2.05) is 31.2 Å². The van der Waals surface area contributed by atoms with E-state index in [2.05, 4.69) is 29.2 Å². The Hall–Kier alpha value is -2.11. The topological polar surface area (TPSA) is 53.2 Å². The molecular weight excluding hydrogens is 342 g/mol. The van der Waals surface area contributed by atoms with Crippen molar-refractivity contribution in [2.75, 3.05) is 5.32 Å². The highest BCUT2D eigenvalue weighted by Gasteiger charge is 2.07. The van der Waals surface area contributed by atoms with Crippen LogP contribution in [-0.4, -0.2) is 11.0 Å². The number of nitrogens with one attached hydrogen (secondary N) is 3. The Morgan fingerprint density at radius 2 is 1.83 bits per heavy atom. The lowest BCUT2D eigenvalue weighted by molar-refractivity contribution is -0.120. The first-order valence-corrected chi connectivity index (χ1v) is 8.47. The molecule has 2 aromatic rings. The van der Waals surface area contributed by atoms with Crippen molar-refractivity contribution >= 4 is 40.5 Å². The Labute approximate surface area is 152 Å². The molecule has 0 spiro atoms. The van der Waals surface area contributed by atoms with Crippen molar-refractivity contribution in [2.45, 2.75) is 26.7 Å². The molecule has 0 bridgehead atoms. The fraction of sp³-hybridized carbons (Fsp3) is 0.222. The van der Waals surface area contributed by atoms with E-state index in [-0.39, 0.29) is 12.3 Å². The number of benzene rings is 2. The van der Waals surface area contributed by atoms with Gasteiger partial charge in [-0.2, -0.15) is 0 Å². The first-order chi connectivity index (χ1) is 11.5. The standard InChI is InChI=1S/C18H20ClN3OS/c1-3-14-6-4-5-12(2)17(14)20-18(24)22-21-16(23)11-13-7-9-15(19)10-8-13/h4-10H,3,11H2,1-2H3,(H,21,23)(H2,20,22,24). The van der Waals surface area contributed by atoms with Crippen LogP contribution in [0.5, 0.6) is 0 Å². The molecule has 24 heavy (non-hydrogen) atoms. The molecule has 0 atom stereocenters. The number of amides is 1. The van der Waals surface area contributed by atoms with Gasteiger partial charge in [0.05, 0.1) is 6.42 Å². The van der Waals surface area contributed by atoms with Crippen molar-refractivity contribution in [3.05, 3.63) is 64.2 Å². The van der Waals surface area contributed by atoms with Gasteiger partial charge < -0.3 is 5.32 Å². The number of hydrogen-bond donors (Lipinski definition) is 3. The van der Waals surface area contributed by atoms with Crippen molar-refractivity contribution in [3.8, 4) is 0 Å². The molecule has 0 unspecified atom stereocenters. The van der Waals surface area contributed by atoms with Crippen LogP contribution in [0, 0.1) is 6.92 Å². The maximum atomic E-state index is 12.0. The summed E-state index contributed by atoms with van der Waals surface area (Å²) in [5.74, 6) is -0.179. The third-order valence-electron chi connectivity index (χ3n) is 3.57. The van der Waals surface area contributed by atoms with Gasteiger partial charge in [-0.3, -0.25) is 15.6 Å². The zero-order valence-corrected chi connectivity index (χ0v) is 15.2. The largest absolute Gasteiger partial charge is 0.331 e. The molecule has 0 saturated heterocycles. The second-order valence-electron chi connectivity index (χ2n) is 5.39. The number of anilines is 1. The zero-order valence-electron chi connectivity index (χ0n) is 13.7. The molecular formula is C18H20ClN3OS. The molecule has 0 aliphatic rings. The maximum absolute atomic E-state index is 12.0. The number of hydrazine groups is 1. The third kappa shape index (κ3) is 5.22. The summed E-state index contributed by atoms with van der Waals surface area (Å²) in [7, 11) is 0. The monoisotopic (exact) mass is 361 g/mol. The van der Waals surface area contributed by atoms with E-state index in [9.17, 15) is 4.79 Å². The van der Waals surface area contributed by atoms with E-state index in [4.69, 9.17) is 23.8 Å². The molecule has 6 heteroatoms. The SMILES string of the molecule is CCc1cccc(C)c1NC(=S)NNC(=O)Cc1ccc(Cl)cc1. The minimum absolute atomic E-state index is 0.179. The normalized spacial score (nSPS) is 10.1. The number of carbonyl (C=O) groups excluding carboxylic acids is 1. The zero-order chi connectivity index (χ0) is 17.5. The Morgan fingerprint density at radius 3 is 2.50 bits per heavy atom. The summed E-state index contributed by atoms with van der Waals surface area (Å²) in [5, 5.41) is 4.14. The molecule has 0 fully saturated rings. The van der Waals surface area contributed by atoms with E-state index in [0.717, 1.165) is 23.2 Å². The van der Waals surface area contributed by atoms with Crippen LogP contribution < -0.4 is 16.2 Å². The van der Waals surface area contributed by atoms with E-state index >= 15 is 0 Å². The van der Waals surface area contributed by atoms with Gasteiger partial charge in [0.2, 0.25) is 5.91 Å². The third-order valence-corrected chi connectivity index (χ3v) is 4.03. The van der Waals surface area contributed by atoms with E-state index in [1.165, 1.54) is 5.56 Å². The van der Waals surface area contributed by atoms with Crippen molar-refractivity contribution < 1.29 is 4.79 Å². The lowest BCUT2D eigenvalue weighted by Gasteiger charge is -2.16. The van der Waals surface area contributed by atoms with Crippen LogP contribution in [0.1, 0.15) is 23.6 Å². The summed E-state index contributed by atoms with van der Waals surface area (Å²) in [4.78, 5) is 12.0. The summed E-state index contributed by atoms with van der Waals surface area (Å²) >= 11 is 11.1.